The summed E-state index contributed by atoms with van der Waals surface area (Å²) in [4.78, 5) is 12.5. The number of sulfonamides is 2. The second kappa shape index (κ2) is 8.72. The largest absolute Gasteiger partial charge is 0.351 e. The van der Waals surface area contributed by atoms with E-state index in [4.69, 9.17) is 0 Å². The molecule has 1 saturated heterocycles. The van der Waals surface area contributed by atoms with E-state index in [1.807, 2.05) is 0 Å². The molecular weight excluding hydrogens is 392 g/mol. The van der Waals surface area contributed by atoms with Gasteiger partial charge in [-0.15, -0.1) is 0 Å². The third-order valence-corrected chi connectivity index (χ3v) is 7.85. The molecular formula is C16H28N4O5S2. The summed E-state index contributed by atoms with van der Waals surface area (Å²) in [5, 5.41) is 2.72. The Balaban J connectivity index is 1.96. The molecule has 1 aromatic rings. The van der Waals surface area contributed by atoms with E-state index in [0.29, 0.717) is 39.1 Å². The van der Waals surface area contributed by atoms with Gasteiger partial charge in [0.25, 0.3) is 5.91 Å². The number of rotatable bonds is 9. The van der Waals surface area contributed by atoms with Gasteiger partial charge < -0.3 is 9.88 Å². The number of aryl methyl sites for hydroxylation is 1. The number of carbonyl (C=O) groups is 1. The van der Waals surface area contributed by atoms with E-state index in [0.717, 1.165) is 19.1 Å². The predicted molar refractivity (Wildman–Crippen MR) is 102 cm³/mol. The molecule has 0 radical (unpaired) electrons. The van der Waals surface area contributed by atoms with Crippen LogP contribution in [0.3, 0.4) is 0 Å². The summed E-state index contributed by atoms with van der Waals surface area (Å²) in [6.07, 6.45) is 4.77. The van der Waals surface area contributed by atoms with Crippen molar-refractivity contribution in [1.82, 2.24) is 18.5 Å². The number of nitrogens with zero attached hydrogens (tertiary/aromatic N) is 3. The van der Waals surface area contributed by atoms with Crippen molar-refractivity contribution in [2.45, 2.75) is 31.1 Å². The zero-order chi connectivity index (χ0) is 20.2. The molecule has 1 aromatic heterocycles. The molecule has 2 rings (SSSR count). The molecule has 0 unspecified atom stereocenters. The minimum absolute atomic E-state index is 0.117. The van der Waals surface area contributed by atoms with Crippen molar-refractivity contribution >= 4 is 26.0 Å². The van der Waals surface area contributed by atoms with Crippen LogP contribution >= 0.6 is 0 Å². The van der Waals surface area contributed by atoms with Crippen molar-refractivity contribution in [1.29, 1.82) is 0 Å². The standard InChI is InChI=1S/C16H28N4O5S2/c1-4-19(26(3,22)23)11-7-8-17-16(21)15-12-14(13-18(15)2)27(24,25)20-9-5-6-10-20/h12-13H,4-11H2,1-3H3,(H,17,21). The first-order chi connectivity index (χ1) is 12.6. The number of hydrogen-bond acceptors (Lipinski definition) is 5. The van der Waals surface area contributed by atoms with E-state index < -0.39 is 20.0 Å². The zero-order valence-corrected chi connectivity index (χ0v) is 17.6. The summed E-state index contributed by atoms with van der Waals surface area (Å²) < 4.78 is 52.5. The van der Waals surface area contributed by atoms with Gasteiger partial charge in [0.2, 0.25) is 20.0 Å². The van der Waals surface area contributed by atoms with E-state index in [1.165, 1.54) is 25.4 Å². The van der Waals surface area contributed by atoms with Crippen molar-refractivity contribution < 1.29 is 21.6 Å². The third kappa shape index (κ3) is 5.31. The summed E-state index contributed by atoms with van der Waals surface area (Å²) in [5.41, 5.74) is 0.253. The highest BCUT2D eigenvalue weighted by molar-refractivity contribution is 7.89. The van der Waals surface area contributed by atoms with Crippen LogP contribution in [0.15, 0.2) is 17.2 Å². The van der Waals surface area contributed by atoms with Crippen LogP contribution in [-0.2, 0) is 27.1 Å². The average molecular weight is 421 g/mol. The van der Waals surface area contributed by atoms with Gasteiger partial charge in [0.15, 0.2) is 0 Å². The van der Waals surface area contributed by atoms with E-state index in [1.54, 1.807) is 14.0 Å². The lowest BCUT2D eigenvalue weighted by molar-refractivity contribution is 0.0944. The average Bonchev–Trinajstić information content (AvgIpc) is 3.23. The number of carbonyl (C=O) groups excluding carboxylic acids is 1. The van der Waals surface area contributed by atoms with E-state index in [-0.39, 0.29) is 16.5 Å². The van der Waals surface area contributed by atoms with Crippen LogP contribution in [0.2, 0.25) is 0 Å². The van der Waals surface area contributed by atoms with Gasteiger partial charge in [-0.3, -0.25) is 4.79 Å². The summed E-state index contributed by atoms with van der Waals surface area (Å²) in [6.45, 7) is 3.76. The Bertz CT molecular complexity index is 871. The maximum Gasteiger partial charge on any atom is 0.267 e. The summed E-state index contributed by atoms with van der Waals surface area (Å²) in [5.74, 6) is -0.386. The summed E-state index contributed by atoms with van der Waals surface area (Å²) in [7, 11) is -5.20. The van der Waals surface area contributed by atoms with Gasteiger partial charge in [0, 0.05) is 46.0 Å². The topological polar surface area (TPSA) is 109 Å². The molecule has 0 atom stereocenters. The van der Waals surface area contributed by atoms with Crippen LogP contribution in [0.25, 0.3) is 0 Å². The van der Waals surface area contributed by atoms with Gasteiger partial charge in [0.05, 0.1) is 6.26 Å². The molecule has 0 saturated carbocycles. The zero-order valence-electron chi connectivity index (χ0n) is 16.0. The van der Waals surface area contributed by atoms with Gasteiger partial charge >= 0.3 is 0 Å². The molecule has 9 nitrogen and oxygen atoms in total. The first-order valence-electron chi connectivity index (χ1n) is 8.97. The van der Waals surface area contributed by atoms with Crippen LogP contribution in [0.5, 0.6) is 0 Å². The maximum absolute atomic E-state index is 12.6. The monoisotopic (exact) mass is 420 g/mol. The first kappa shape index (κ1) is 21.9. The smallest absolute Gasteiger partial charge is 0.267 e. The molecule has 1 aliphatic rings. The fourth-order valence-corrected chi connectivity index (χ4v) is 5.60. The van der Waals surface area contributed by atoms with Gasteiger partial charge in [-0.2, -0.15) is 4.31 Å². The third-order valence-electron chi connectivity index (χ3n) is 4.61. The Morgan fingerprint density at radius 1 is 1.22 bits per heavy atom. The number of amides is 1. The minimum atomic E-state index is -3.57. The van der Waals surface area contributed by atoms with Gasteiger partial charge in [-0.05, 0) is 25.3 Å². The second-order valence-electron chi connectivity index (χ2n) is 6.65. The lowest BCUT2D eigenvalue weighted by Gasteiger charge is -2.17. The van der Waals surface area contributed by atoms with Crippen molar-refractivity contribution in [3.8, 4) is 0 Å². The highest BCUT2D eigenvalue weighted by Crippen LogP contribution is 2.22. The van der Waals surface area contributed by atoms with Gasteiger partial charge in [-0.1, -0.05) is 6.92 Å². The highest BCUT2D eigenvalue weighted by atomic mass is 32.2. The highest BCUT2D eigenvalue weighted by Gasteiger charge is 2.29. The molecule has 11 heteroatoms. The Kier molecular flexibility index (Phi) is 7.06. The molecule has 27 heavy (non-hydrogen) atoms. The van der Waals surface area contributed by atoms with Crippen molar-refractivity contribution in [2.24, 2.45) is 7.05 Å². The predicted octanol–water partition coefficient (Wildman–Crippen LogP) is 0.211. The molecule has 0 spiro atoms. The minimum Gasteiger partial charge on any atom is -0.351 e. The maximum atomic E-state index is 12.6. The molecule has 0 aromatic carbocycles. The second-order valence-corrected chi connectivity index (χ2v) is 10.6. The Morgan fingerprint density at radius 2 is 1.85 bits per heavy atom. The van der Waals surface area contributed by atoms with Crippen molar-refractivity contribution in [3.63, 3.8) is 0 Å². The first-order valence-corrected chi connectivity index (χ1v) is 12.3. The quantitative estimate of drug-likeness (QED) is 0.575. The number of hydrogen-bond donors (Lipinski definition) is 1. The summed E-state index contributed by atoms with van der Waals surface area (Å²) in [6, 6.07) is 1.39. The van der Waals surface area contributed by atoms with Crippen LogP contribution in [0.4, 0.5) is 0 Å². The fraction of sp³-hybridized carbons (Fsp3) is 0.688. The van der Waals surface area contributed by atoms with E-state index >= 15 is 0 Å². The van der Waals surface area contributed by atoms with Crippen LogP contribution in [-0.4, -0.2) is 74.9 Å². The molecule has 1 fully saturated rings. The molecule has 0 bridgehead atoms. The number of aromatic nitrogens is 1. The van der Waals surface area contributed by atoms with Gasteiger partial charge in [0.1, 0.15) is 10.6 Å². The molecule has 1 amide bonds. The van der Waals surface area contributed by atoms with E-state index in [2.05, 4.69) is 5.32 Å². The van der Waals surface area contributed by atoms with Gasteiger partial charge in [-0.25, -0.2) is 21.1 Å². The van der Waals surface area contributed by atoms with Crippen LogP contribution in [0, 0.1) is 0 Å². The molecule has 154 valence electrons. The Hall–Kier alpha value is -1.43. The Labute approximate surface area is 161 Å². The van der Waals surface area contributed by atoms with Crippen LogP contribution in [0.1, 0.15) is 36.7 Å². The summed E-state index contributed by atoms with van der Waals surface area (Å²) >= 11 is 0. The molecule has 2 heterocycles. The lowest BCUT2D eigenvalue weighted by Crippen LogP contribution is -2.33. The normalized spacial score (nSPS) is 16.1. The molecule has 0 aliphatic carbocycles. The SMILES string of the molecule is CCN(CCCNC(=O)c1cc(S(=O)(=O)N2CCCC2)cn1C)S(C)(=O)=O. The Morgan fingerprint density at radius 3 is 2.41 bits per heavy atom. The van der Waals surface area contributed by atoms with Crippen molar-refractivity contribution in [2.75, 3.05) is 39.0 Å². The van der Waals surface area contributed by atoms with E-state index in [9.17, 15) is 21.6 Å². The molecule has 1 N–H and O–H groups in total. The number of nitrogens with one attached hydrogen (secondary N) is 1. The lowest BCUT2D eigenvalue weighted by atomic mass is 10.3. The fourth-order valence-electron chi connectivity index (χ4n) is 3.08. The molecule has 1 aliphatic heterocycles. The van der Waals surface area contributed by atoms with Crippen LogP contribution < -0.4 is 5.32 Å². The van der Waals surface area contributed by atoms with Crippen molar-refractivity contribution in [3.05, 3.63) is 18.0 Å².